The quantitative estimate of drug-likeness (QED) is 0.281. The fraction of sp³-hybridized carbons (Fsp3) is 0.600. The topological polar surface area (TPSA) is 113 Å². The number of hydrogen-bond acceptors (Lipinski definition) is 7. The van der Waals surface area contributed by atoms with Gasteiger partial charge in [0, 0.05) is 11.9 Å². The van der Waals surface area contributed by atoms with Gasteiger partial charge in [0.1, 0.15) is 10.5 Å². The maximum atomic E-state index is 12.5. The van der Waals surface area contributed by atoms with Gasteiger partial charge in [0.2, 0.25) is 0 Å². The summed E-state index contributed by atoms with van der Waals surface area (Å²) in [5.41, 5.74) is -0.978. The molecule has 0 aliphatic heterocycles. The summed E-state index contributed by atoms with van der Waals surface area (Å²) in [4.78, 5) is 37.0. The number of hydrogen-bond donors (Lipinski definition) is 1. The van der Waals surface area contributed by atoms with Gasteiger partial charge < -0.3 is 14.6 Å². The van der Waals surface area contributed by atoms with E-state index < -0.39 is 22.0 Å². The summed E-state index contributed by atoms with van der Waals surface area (Å²) in [6.07, 6.45) is 5.29. The first-order chi connectivity index (χ1) is 16.6. The molecule has 1 aromatic heterocycles. The summed E-state index contributed by atoms with van der Waals surface area (Å²) >= 11 is 1.26. The van der Waals surface area contributed by atoms with Gasteiger partial charge in [0.15, 0.2) is 0 Å². The van der Waals surface area contributed by atoms with Gasteiger partial charge in [0.05, 0.1) is 19.3 Å². The van der Waals surface area contributed by atoms with Gasteiger partial charge in [0.25, 0.3) is 5.88 Å². The molecule has 10 heteroatoms. The van der Waals surface area contributed by atoms with Crippen LogP contribution < -0.4 is 20.7 Å². The van der Waals surface area contributed by atoms with Gasteiger partial charge >= 0.3 is 17.2 Å². The van der Waals surface area contributed by atoms with Gasteiger partial charge in [-0.25, -0.2) is 9.48 Å². The maximum Gasteiger partial charge on any atom is 0.347 e. The Balaban J connectivity index is 1.86. The molecule has 2 aromatic rings. The minimum Gasteiger partial charge on any atom is -0.494 e. The minimum absolute atomic E-state index is 0.0684. The van der Waals surface area contributed by atoms with E-state index in [0.717, 1.165) is 35.1 Å². The van der Waals surface area contributed by atoms with Crippen molar-refractivity contribution in [3.8, 4) is 11.6 Å². The number of nitrogens with zero attached hydrogens (tertiary/aromatic N) is 3. The van der Waals surface area contributed by atoms with Crippen molar-refractivity contribution < 1.29 is 19.4 Å². The lowest BCUT2D eigenvalue weighted by molar-refractivity contribution is -0.138. The molecule has 2 rings (SSSR count). The number of benzene rings is 1. The second-order valence-corrected chi connectivity index (χ2v) is 10.7. The summed E-state index contributed by atoms with van der Waals surface area (Å²) in [6, 6.07) is 7.22. The first-order valence-electron chi connectivity index (χ1n) is 12.0. The molecule has 0 spiro atoms. The fourth-order valence-electron chi connectivity index (χ4n) is 3.29. The largest absolute Gasteiger partial charge is 0.494 e. The Hall–Kier alpha value is -2.75. The summed E-state index contributed by atoms with van der Waals surface area (Å²) in [6.45, 7) is 8.09. The Bertz CT molecular complexity index is 1100. The van der Waals surface area contributed by atoms with E-state index in [4.69, 9.17) is 9.47 Å². The van der Waals surface area contributed by atoms with Gasteiger partial charge in [-0.05, 0) is 58.2 Å². The zero-order valence-electron chi connectivity index (χ0n) is 21.3. The molecule has 1 heterocycles. The van der Waals surface area contributed by atoms with Crippen LogP contribution in [0.25, 0.3) is 0 Å². The van der Waals surface area contributed by atoms with E-state index in [-0.39, 0.29) is 18.5 Å². The highest BCUT2D eigenvalue weighted by Crippen LogP contribution is 2.34. The minimum atomic E-state index is -0.934. The summed E-state index contributed by atoms with van der Waals surface area (Å²) in [7, 11) is 1.44. The third kappa shape index (κ3) is 8.45. The van der Waals surface area contributed by atoms with Gasteiger partial charge in [-0.15, -0.1) is 16.9 Å². The zero-order valence-corrected chi connectivity index (χ0v) is 22.1. The molecule has 9 nitrogen and oxygen atoms in total. The number of thioether (sulfide) groups is 1. The first kappa shape index (κ1) is 28.5. The smallest absolute Gasteiger partial charge is 0.347 e. The number of aliphatic carboxylic acids is 1. The van der Waals surface area contributed by atoms with Crippen LogP contribution in [-0.4, -0.2) is 43.4 Å². The van der Waals surface area contributed by atoms with Crippen molar-refractivity contribution in [3.63, 3.8) is 0 Å². The van der Waals surface area contributed by atoms with Crippen molar-refractivity contribution in [2.45, 2.75) is 81.9 Å². The Kier molecular flexibility index (Phi) is 10.9. The number of carbonyl (C=O) groups is 1. The molecule has 0 aliphatic carbocycles. The predicted molar refractivity (Wildman–Crippen MR) is 137 cm³/mol. The highest BCUT2D eigenvalue weighted by molar-refractivity contribution is 8.01. The SMILES string of the molecule is CCCCCC(C)n1nc(OCCCCOc2cccc(SC(C)(C)C(=O)O)c2)c(=O)n(C)c1=O. The molecule has 0 amide bonds. The molecular weight excluding hydrogens is 470 g/mol. The molecule has 194 valence electrons. The van der Waals surface area contributed by atoms with E-state index in [0.29, 0.717) is 25.2 Å². The molecule has 35 heavy (non-hydrogen) atoms. The van der Waals surface area contributed by atoms with Crippen molar-refractivity contribution in [3.05, 3.63) is 45.1 Å². The lowest BCUT2D eigenvalue weighted by Crippen LogP contribution is -2.41. The normalized spacial score (nSPS) is 12.4. The number of aromatic nitrogens is 3. The van der Waals surface area contributed by atoms with Crippen molar-refractivity contribution in [1.29, 1.82) is 0 Å². The van der Waals surface area contributed by atoms with Crippen molar-refractivity contribution in [2.75, 3.05) is 13.2 Å². The lowest BCUT2D eigenvalue weighted by atomic mass is 10.1. The highest BCUT2D eigenvalue weighted by Gasteiger charge is 2.28. The number of unbranched alkanes of at least 4 members (excludes halogenated alkanes) is 3. The van der Waals surface area contributed by atoms with E-state index in [1.54, 1.807) is 13.8 Å². The molecule has 1 atom stereocenters. The number of rotatable bonds is 15. The van der Waals surface area contributed by atoms with Crippen LogP contribution in [0.15, 0.2) is 38.8 Å². The Labute approximate surface area is 210 Å². The van der Waals surface area contributed by atoms with E-state index in [9.17, 15) is 19.5 Å². The van der Waals surface area contributed by atoms with Crippen molar-refractivity contribution >= 4 is 17.7 Å². The average Bonchev–Trinajstić information content (AvgIpc) is 2.81. The second-order valence-electron chi connectivity index (χ2n) is 9.04. The molecule has 0 radical (unpaired) electrons. The van der Waals surface area contributed by atoms with Crippen LogP contribution in [0.1, 0.15) is 72.3 Å². The summed E-state index contributed by atoms with van der Waals surface area (Å²) in [5.74, 6) is -0.280. The van der Waals surface area contributed by atoms with Gasteiger partial charge in [-0.2, -0.15) is 0 Å². The van der Waals surface area contributed by atoms with Crippen molar-refractivity contribution in [1.82, 2.24) is 14.3 Å². The highest BCUT2D eigenvalue weighted by atomic mass is 32.2. The Morgan fingerprint density at radius 1 is 1.14 bits per heavy atom. The number of carboxylic acids is 1. The molecule has 0 bridgehead atoms. The second kappa shape index (κ2) is 13.4. The predicted octanol–water partition coefficient (Wildman–Crippen LogP) is 4.28. The molecule has 0 fully saturated rings. The number of ether oxygens (including phenoxy) is 2. The molecule has 0 aliphatic rings. The molecule has 0 saturated carbocycles. The molecule has 1 aromatic carbocycles. The van der Waals surface area contributed by atoms with Crippen LogP contribution in [0.4, 0.5) is 0 Å². The lowest BCUT2D eigenvalue weighted by Gasteiger charge is -2.18. The third-order valence-corrected chi connectivity index (χ3v) is 6.73. The molecular formula is C25H37N3O6S. The molecule has 0 saturated heterocycles. The summed E-state index contributed by atoms with van der Waals surface area (Å²) < 4.78 is 12.9. The van der Waals surface area contributed by atoms with Gasteiger partial charge in [-0.3, -0.25) is 14.2 Å². The van der Waals surface area contributed by atoms with E-state index in [2.05, 4.69) is 12.0 Å². The van der Waals surface area contributed by atoms with Crippen LogP contribution in [0.3, 0.4) is 0 Å². The number of carboxylic acid groups (broad SMARTS) is 1. The van der Waals surface area contributed by atoms with E-state index in [1.807, 2.05) is 31.2 Å². The third-order valence-electron chi connectivity index (χ3n) is 5.55. The van der Waals surface area contributed by atoms with E-state index >= 15 is 0 Å². The van der Waals surface area contributed by atoms with Crippen LogP contribution >= 0.6 is 11.8 Å². The van der Waals surface area contributed by atoms with E-state index in [1.165, 1.54) is 23.5 Å². The Morgan fingerprint density at radius 3 is 2.49 bits per heavy atom. The van der Waals surface area contributed by atoms with Gasteiger partial charge in [-0.1, -0.05) is 32.3 Å². The monoisotopic (exact) mass is 507 g/mol. The van der Waals surface area contributed by atoms with Crippen LogP contribution in [0.5, 0.6) is 11.6 Å². The molecule has 1 unspecified atom stereocenters. The standard InChI is InChI=1S/C25H37N3O6S/c1-6-7-8-12-18(2)28-24(32)27(5)22(29)21(26-28)34-16-10-9-15-33-19-13-11-14-20(17-19)35-25(3,4)23(30)31/h11,13-14,17-18H,6-10,12,15-16H2,1-5H3,(H,30,31). The van der Waals surface area contributed by atoms with Crippen LogP contribution in [0.2, 0.25) is 0 Å². The van der Waals surface area contributed by atoms with Crippen LogP contribution in [0, 0.1) is 0 Å². The Morgan fingerprint density at radius 2 is 1.83 bits per heavy atom. The zero-order chi connectivity index (χ0) is 26.0. The van der Waals surface area contributed by atoms with Crippen molar-refractivity contribution in [2.24, 2.45) is 7.05 Å². The molecule has 1 N–H and O–H groups in total. The average molecular weight is 508 g/mol. The van der Waals surface area contributed by atoms with Crippen LogP contribution in [-0.2, 0) is 11.8 Å². The summed E-state index contributed by atoms with van der Waals surface area (Å²) in [5, 5.41) is 13.5. The first-order valence-corrected chi connectivity index (χ1v) is 12.9. The maximum absolute atomic E-state index is 12.5. The fourth-order valence-corrected chi connectivity index (χ4v) is 4.28.